The molecule has 2 fully saturated rings. The molecule has 2 aliphatic rings. The molecular formula is C20H27N3O2. The van der Waals surface area contributed by atoms with Crippen molar-refractivity contribution in [2.24, 2.45) is 0 Å². The number of nitrogens with one attached hydrogen (secondary N) is 1. The van der Waals surface area contributed by atoms with Crippen LogP contribution in [0.3, 0.4) is 0 Å². The van der Waals surface area contributed by atoms with E-state index < -0.39 is 0 Å². The molecule has 2 heterocycles. The number of aryl methyl sites for hydroxylation is 1. The number of amides is 1. The third-order valence-electron chi connectivity index (χ3n) is 5.39. The highest BCUT2D eigenvalue weighted by Gasteiger charge is 2.22. The van der Waals surface area contributed by atoms with Crippen LogP contribution in [0.4, 0.5) is 0 Å². The Morgan fingerprint density at radius 2 is 2.12 bits per heavy atom. The minimum Gasteiger partial charge on any atom is -0.376 e. The second-order valence-electron chi connectivity index (χ2n) is 7.15. The minimum atomic E-state index is -0.316. The molecule has 1 aromatic heterocycles. The van der Waals surface area contributed by atoms with E-state index in [0.717, 1.165) is 30.7 Å². The third kappa shape index (κ3) is 3.96. The van der Waals surface area contributed by atoms with Crippen molar-refractivity contribution in [1.29, 1.82) is 5.26 Å². The average molecular weight is 341 g/mol. The molecule has 0 unspecified atom stereocenters. The first-order chi connectivity index (χ1) is 12.1. The average Bonchev–Trinajstić information content (AvgIpc) is 3.33. The maximum atomic E-state index is 12.3. The first-order valence-corrected chi connectivity index (χ1v) is 9.30. The smallest absolute Gasteiger partial charge is 0.262 e. The van der Waals surface area contributed by atoms with Gasteiger partial charge in [0.25, 0.3) is 5.91 Å². The summed E-state index contributed by atoms with van der Waals surface area (Å²) in [4.78, 5) is 12.3. The number of aromatic nitrogens is 1. The summed E-state index contributed by atoms with van der Waals surface area (Å²) in [5.41, 5.74) is 3.47. The third-order valence-corrected chi connectivity index (χ3v) is 5.39. The lowest BCUT2D eigenvalue weighted by Gasteiger charge is -2.17. The topological polar surface area (TPSA) is 67.1 Å². The summed E-state index contributed by atoms with van der Waals surface area (Å²) < 4.78 is 7.88. The van der Waals surface area contributed by atoms with Gasteiger partial charge < -0.3 is 14.6 Å². The lowest BCUT2D eigenvalue weighted by atomic mass is 10.1. The van der Waals surface area contributed by atoms with Crippen molar-refractivity contribution in [3.05, 3.63) is 28.6 Å². The molecule has 1 aromatic rings. The highest BCUT2D eigenvalue weighted by atomic mass is 16.5. The van der Waals surface area contributed by atoms with Crippen molar-refractivity contribution in [2.75, 3.05) is 13.2 Å². The Labute approximate surface area is 149 Å². The molecule has 1 amide bonds. The van der Waals surface area contributed by atoms with E-state index in [1.54, 1.807) is 6.08 Å². The highest BCUT2D eigenvalue weighted by molar-refractivity contribution is 6.01. The number of nitriles is 1. The van der Waals surface area contributed by atoms with Crippen molar-refractivity contribution >= 4 is 12.0 Å². The van der Waals surface area contributed by atoms with Gasteiger partial charge in [0.15, 0.2) is 0 Å². The van der Waals surface area contributed by atoms with Gasteiger partial charge in [-0.15, -0.1) is 0 Å². The molecule has 0 spiro atoms. The maximum Gasteiger partial charge on any atom is 0.262 e. The van der Waals surface area contributed by atoms with Crippen molar-refractivity contribution in [1.82, 2.24) is 9.88 Å². The molecule has 1 saturated carbocycles. The lowest BCUT2D eigenvalue weighted by Crippen LogP contribution is -2.32. The maximum absolute atomic E-state index is 12.3. The number of nitrogens with zero attached hydrogens (tertiary/aromatic N) is 2. The van der Waals surface area contributed by atoms with Gasteiger partial charge in [-0.2, -0.15) is 5.26 Å². The van der Waals surface area contributed by atoms with Gasteiger partial charge in [0.1, 0.15) is 11.6 Å². The van der Waals surface area contributed by atoms with Crippen molar-refractivity contribution in [3.8, 4) is 6.07 Å². The zero-order valence-corrected chi connectivity index (χ0v) is 15.2. The van der Waals surface area contributed by atoms with Crippen LogP contribution in [-0.2, 0) is 9.53 Å². The van der Waals surface area contributed by atoms with Crippen molar-refractivity contribution in [2.45, 2.75) is 64.5 Å². The molecule has 0 radical (unpaired) electrons. The van der Waals surface area contributed by atoms with E-state index in [1.807, 2.05) is 0 Å². The summed E-state index contributed by atoms with van der Waals surface area (Å²) in [6, 6.07) is 4.69. The molecule has 1 N–H and O–H groups in total. The van der Waals surface area contributed by atoms with E-state index >= 15 is 0 Å². The quantitative estimate of drug-likeness (QED) is 0.659. The summed E-state index contributed by atoms with van der Waals surface area (Å²) in [7, 11) is 0. The first kappa shape index (κ1) is 17.8. The normalized spacial score (nSPS) is 21.5. The number of rotatable bonds is 5. The van der Waals surface area contributed by atoms with Gasteiger partial charge in [0.05, 0.1) is 6.10 Å². The van der Waals surface area contributed by atoms with E-state index in [-0.39, 0.29) is 17.6 Å². The van der Waals surface area contributed by atoms with E-state index in [4.69, 9.17) is 4.74 Å². The van der Waals surface area contributed by atoms with E-state index in [2.05, 4.69) is 35.9 Å². The van der Waals surface area contributed by atoms with Gasteiger partial charge >= 0.3 is 0 Å². The van der Waals surface area contributed by atoms with Crippen molar-refractivity contribution in [3.63, 3.8) is 0 Å². The second kappa shape index (κ2) is 7.88. The molecule has 1 saturated heterocycles. The van der Waals surface area contributed by atoms with Gasteiger partial charge in [0, 0.05) is 30.6 Å². The van der Waals surface area contributed by atoms with Gasteiger partial charge in [-0.25, -0.2) is 0 Å². The number of hydrogen-bond acceptors (Lipinski definition) is 3. The van der Waals surface area contributed by atoms with Crippen LogP contribution in [0.1, 0.15) is 61.5 Å². The molecule has 134 valence electrons. The largest absolute Gasteiger partial charge is 0.376 e. The predicted octanol–water partition coefficient (Wildman–Crippen LogP) is 3.42. The van der Waals surface area contributed by atoms with Crippen LogP contribution in [0, 0.1) is 25.2 Å². The Kier molecular flexibility index (Phi) is 5.60. The number of ether oxygens (including phenoxy) is 1. The van der Waals surface area contributed by atoms with Crippen LogP contribution >= 0.6 is 0 Å². The fraction of sp³-hybridized carbons (Fsp3) is 0.600. The summed E-state index contributed by atoms with van der Waals surface area (Å²) in [6.45, 7) is 5.41. The zero-order valence-electron chi connectivity index (χ0n) is 15.2. The van der Waals surface area contributed by atoms with Crippen LogP contribution < -0.4 is 5.32 Å². The number of carbonyl (C=O) groups excluding carboxylic acids is 1. The Balaban J connectivity index is 1.74. The van der Waals surface area contributed by atoms with Gasteiger partial charge in [-0.1, -0.05) is 12.8 Å². The first-order valence-electron chi connectivity index (χ1n) is 9.30. The zero-order chi connectivity index (χ0) is 17.8. The van der Waals surface area contributed by atoms with E-state index in [9.17, 15) is 10.1 Å². The van der Waals surface area contributed by atoms with Gasteiger partial charge in [-0.3, -0.25) is 4.79 Å². The van der Waals surface area contributed by atoms with Crippen LogP contribution in [-0.4, -0.2) is 29.7 Å². The Bertz CT molecular complexity index is 699. The molecule has 1 aliphatic carbocycles. The number of carbonyl (C=O) groups is 1. The molecule has 25 heavy (non-hydrogen) atoms. The van der Waals surface area contributed by atoms with Crippen LogP contribution in [0.2, 0.25) is 0 Å². The fourth-order valence-corrected chi connectivity index (χ4v) is 4.08. The van der Waals surface area contributed by atoms with E-state index in [1.165, 1.54) is 31.4 Å². The molecule has 0 bridgehead atoms. The Morgan fingerprint density at radius 3 is 2.76 bits per heavy atom. The van der Waals surface area contributed by atoms with Crippen molar-refractivity contribution < 1.29 is 9.53 Å². The Morgan fingerprint density at radius 1 is 1.36 bits per heavy atom. The standard InChI is InChI=1S/C20H27N3O2/c1-14-10-16(15(2)23(14)18-6-3-4-7-18)11-17(12-21)20(24)22-13-19-8-5-9-25-19/h10-11,18-19H,3-9,13H2,1-2H3,(H,22,24)/b17-11+/t19-/m0/s1. The molecule has 1 aliphatic heterocycles. The molecule has 0 aromatic carbocycles. The minimum absolute atomic E-state index is 0.0799. The van der Waals surface area contributed by atoms with Crippen LogP contribution in [0.25, 0.3) is 6.08 Å². The molecule has 5 nitrogen and oxygen atoms in total. The van der Waals surface area contributed by atoms with Crippen LogP contribution in [0.5, 0.6) is 0 Å². The highest BCUT2D eigenvalue weighted by Crippen LogP contribution is 2.33. The van der Waals surface area contributed by atoms with Crippen LogP contribution in [0.15, 0.2) is 11.6 Å². The second-order valence-corrected chi connectivity index (χ2v) is 7.15. The summed E-state index contributed by atoms with van der Waals surface area (Å²) >= 11 is 0. The molecule has 5 heteroatoms. The monoisotopic (exact) mass is 341 g/mol. The summed E-state index contributed by atoms with van der Waals surface area (Å²) in [5.74, 6) is -0.316. The summed E-state index contributed by atoms with van der Waals surface area (Å²) in [6.07, 6.45) is 8.79. The predicted molar refractivity (Wildman–Crippen MR) is 97.0 cm³/mol. The summed E-state index contributed by atoms with van der Waals surface area (Å²) in [5, 5.41) is 12.2. The van der Waals surface area contributed by atoms with Gasteiger partial charge in [-0.05, 0) is 57.2 Å². The lowest BCUT2D eigenvalue weighted by molar-refractivity contribution is -0.117. The van der Waals surface area contributed by atoms with E-state index in [0.29, 0.717) is 12.6 Å². The van der Waals surface area contributed by atoms with Gasteiger partial charge in [0.2, 0.25) is 0 Å². The molecule has 3 rings (SSSR count). The fourth-order valence-electron chi connectivity index (χ4n) is 4.08. The Hall–Kier alpha value is -2.06. The molecular weight excluding hydrogens is 314 g/mol. The molecule has 1 atom stereocenters. The number of hydrogen-bond donors (Lipinski definition) is 1. The SMILES string of the molecule is Cc1cc(/C=C(\C#N)C(=O)NC[C@@H]2CCCO2)c(C)n1C1CCCC1.